The Morgan fingerprint density at radius 1 is 1.36 bits per heavy atom. The van der Waals surface area contributed by atoms with E-state index in [9.17, 15) is 9.59 Å². The van der Waals surface area contributed by atoms with Gasteiger partial charge in [0.25, 0.3) is 5.56 Å². The number of aromatic nitrogens is 2. The average molecular weight is 340 g/mol. The van der Waals surface area contributed by atoms with E-state index in [1.807, 2.05) is 37.4 Å². The first-order chi connectivity index (χ1) is 12.1. The average Bonchev–Trinajstić information content (AvgIpc) is 2.63. The number of hydrogen-bond donors (Lipinski definition) is 1. The van der Waals surface area contributed by atoms with Crippen LogP contribution in [0, 0.1) is 5.92 Å². The molecule has 1 saturated heterocycles. The maximum absolute atomic E-state index is 12.6. The highest BCUT2D eigenvalue weighted by Gasteiger charge is 2.24. The minimum Gasteiger partial charge on any atom is -0.370 e. The number of aromatic amines is 1. The van der Waals surface area contributed by atoms with Crippen LogP contribution in [0.2, 0.25) is 0 Å². The number of hydrogen-bond acceptors (Lipinski definition) is 4. The van der Waals surface area contributed by atoms with Crippen molar-refractivity contribution in [2.75, 3.05) is 25.0 Å². The Kier molecular flexibility index (Phi) is 5.48. The fourth-order valence-electron chi connectivity index (χ4n) is 3.35. The van der Waals surface area contributed by atoms with Crippen LogP contribution < -0.4 is 10.5 Å². The monoisotopic (exact) mass is 340 g/mol. The van der Waals surface area contributed by atoms with Crippen molar-refractivity contribution in [3.63, 3.8) is 0 Å². The molecule has 0 aliphatic carbocycles. The second-order valence-electron chi connectivity index (χ2n) is 6.70. The van der Waals surface area contributed by atoms with E-state index in [-0.39, 0.29) is 11.5 Å². The van der Waals surface area contributed by atoms with E-state index < -0.39 is 0 Å². The number of carbonyl (C=O) groups is 1. The van der Waals surface area contributed by atoms with E-state index in [0.29, 0.717) is 18.9 Å². The van der Waals surface area contributed by atoms with Gasteiger partial charge in [0.2, 0.25) is 5.91 Å². The molecule has 6 heteroatoms. The molecule has 1 fully saturated rings. The van der Waals surface area contributed by atoms with E-state index in [4.69, 9.17) is 0 Å². The molecule has 0 saturated carbocycles. The number of H-pyrrole nitrogens is 1. The zero-order valence-corrected chi connectivity index (χ0v) is 14.5. The molecule has 2 heterocycles. The standard InChI is InChI=1S/C19H24N4O2/c1-22(13-15-6-3-2-4-7-15)19(25)10-16-8-5-9-23(14-16)17-11-18(24)21-20-12-17/h2-4,6-7,11-12,16H,5,8-10,13-14H2,1H3,(H,21,24). The van der Waals surface area contributed by atoms with Crippen molar-refractivity contribution in [3.05, 3.63) is 58.5 Å². The molecule has 1 aromatic heterocycles. The lowest BCUT2D eigenvalue weighted by molar-refractivity contribution is -0.131. The molecule has 1 atom stereocenters. The number of nitrogens with one attached hydrogen (secondary N) is 1. The summed E-state index contributed by atoms with van der Waals surface area (Å²) in [4.78, 5) is 28.0. The molecule has 1 unspecified atom stereocenters. The van der Waals surface area contributed by atoms with Crippen molar-refractivity contribution in [1.82, 2.24) is 15.1 Å². The molecule has 6 nitrogen and oxygen atoms in total. The first kappa shape index (κ1) is 17.2. The molecule has 0 radical (unpaired) electrons. The molecule has 132 valence electrons. The molecule has 3 rings (SSSR count). The predicted molar refractivity (Wildman–Crippen MR) is 97.3 cm³/mol. The Hall–Kier alpha value is -2.63. The van der Waals surface area contributed by atoms with E-state index in [0.717, 1.165) is 37.2 Å². The van der Waals surface area contributed by atoms with E-state index >= 15 is 0 Å². The van der Waals surface area contributed by atoms with Crippen molar-refractivity contribution in [1.29, 1.82) is 0 Å². The Morgan fingerprint density at radius 2 is 2.16 bits per heavy atom. The fraction of sp³-hybridized carbons (Fsp3) is 0.421. The van der Waals surface area contributed by atoms with Gasteiger partial charge in [0, 0.05) is 39.2 Å². The molecule has 1 N–H and O–H groups in total. The summed E-state index contributed by atoms with van der Waals surface area (Å²) in [6, 6.07) is 11.6. The summed E-state index contributed by atoms with van der Waals surface area (Å²) < 4.78 is 0. The third-order valence-corrected chi connectivity index (χ3v) is 4.69. The van der Waals surface area contributed by atoms with Gasteiger partial charge in [-0.15, -0.1) is 0 Å². The minimum atomic E-state index is -0.196. The van der Waals surface area contributed by atoms with Gasteiger partial charge in [-0.2, -0.15) is 5.10 Å². The smallest absolute Gasteiger partial charge is 0.266 e. The van der Waals surface area contributed by atoms with Crippen LogP contribution >= 0.6 is 0 Å². The quantitative estimate of drug-likeness (QED) is 0.904. The van der Waals surface area contributed by atoms with Gasteiger partial charge in [-0.1, -0.05) is 30.3 Å². The van der Waals surface area contributed by atoms with Crippen LogP contribution in [0.1, 0.15) is 24.8 Å². The molecule has 1 amide bonds. The number of anilines is 1. The van der Waals surface area contributed by atoms with Crippen molar-refractivity contribution in [2.45, 2.75) is 25.8 Å². The molecule has 2 aromatic rings. The number of piperidine rings is 1. The van der Waals surface area contributed by atoms with Gasteiger partial charge in [0.15, 0.2) is 0 Å². The highest BCUT2D eigenvalue weighted by Crippen LogP contribution is 2.24. The van der Waals surface area contributed by atoms with Gasteiger partial charge in [-0.25, -0.2) is 5.10 Å². The normalized spacial score (nSPS) is 17.3. The highest BCUT2D eigenvalue weighted by molar-refractivity contribution is 5.76. The molecule has 0 spiro atoms. The van der Waals surface area contributed by atoms with Crippen LogP contribution in [-0.4, -0.2) is 41.1 Å². The third-order valence-electron chi connectivity index (χ3n) is 4.69. The van der Waals surface area contributed by atoms with E-state index in [2.05, 4.69) is 15.1 Å². The van der Waals surface area contributed by atoms with Crippen molar-refractivity contribution >= 4 is 11.6 Å². The summed E-state index contributed by atoms with van der Waals surface area (Å²) in [6.07, 6.45) is 4.27. The summed E-state index contributed by atoms with van der Waals surface area (Å²) >= 11 is 0. The molecule has 1 aliphatic heterocycles. The van der Waals surface area contributed by atoms with E-state index in [1.54, 1.807) is 17.2 Å². The molecular weight excluding hydrogens is 316 g/mol. The molecular formula is C19H24N4O2. The summed E-state index contributed by atoms with van der Waals surface area (Å²) in [5.74, 6) is 0.471. The summed E-state index contributed by atoms with van der Waals surface area (Å²) in [5.41, 5.74) is 1.77. The maximum Gasteiger partial charge on any atom is 0.266 e. The number of rotatable bonds is 5. The molecule has 1 aliphatic rings. The van der Waals surface area contributed by atoms with Crippen LogP contribution in [0.4, 0.5) is 5.69 Å². The van der Waals surface area contributed by atoms with Crippen molar-refractivity contribution in [3.8, 4) is 0 Å². The van der Waals surface area contributed by atoms with Gasteiger partial charge in [-0.05, 0) is 24.3 Å². The second kappa shape index (κ2) is 7.96. The minimum absolute atomic E-state index is 0.166. The Bertz CT molecular complexity index is 759. The SMILES string of the molecule is CN(Cc1ccccc1)C(=O)CC1CCCN(c2cn[nH]c(=O)c2)C1. The first-order valence-corrected chi connectivity index (χ1v) is 8.69. The van der Waals surface area contributed by atoms with Crippen LogP contribution in [0.5, 0.6) is 0 Å². The highest BCUT2D eigenvalue weighted by atomic mass is 16.2. The topological polar surface area (TPSA) is 69.3 Å². The Labute approximate surface area is 147 Å². The van der Waals surface area contributed by atoms with Crippen LogP contribution in [0.25, 0.3) is 0 Å². The number of carbonyl (C=O) groups excluding carboxylic acids is 1. The molecule has 25 heavy (non-hydrogen) atoms. The van der Waals surface area contributed by atoms with Gasteiger partial charge in [0.1, 0.15) is 0 Å². The summed E-state index contributed by atoms with van der Waals surface area (Å²) in [6.45, 7) is 2.32. The largest absolute Gasteiger partial charge is 0.370 e. The Morgan fingerprint density at radius 3 is 2.92 bits per heavy atom. The number of benzene rings is 1. The lowest BCUT2D eigenvalue weighted by Gasteiger charge is -2.34. The Balaban J connectivity index is 1.56. The van der Waals surface area contributed by atoms with Crippen LogP contribution in [-0.2, 0) is 11.3 Å². The van der Waals surface area contributed by atoms with Gasteiger partial charge in [0.05, 0.1) is 11.9 Å². The fourth-order valence-corrected chi connectivity index (χ4v) is 3.35. The molecule has 1 aromatic carbocycles. The third kappa shape index (κ3) is 4.68. The summed E-state index contributed by atoms with van der Waals surface area (Å²) in [5, 5.41) is 6.27. The second-order valence-corrected chi connectivity index (χ2v) is 6.70. The first-order valence-electron chi connectivity index (χ1n) is 8.69. The predicted octanol–water partition coefficient (Wildman–Crippen LogP) is 2.04. The van der Waals surface area contributed by atoms with E-state index in [1.165, 1.54) is 0 Å². The maximum atomic E-state index is 12.6. The summed E-state index contributed by atoms with van der Waals surface area (Å²) in [7, 11) is 1.86. The van der Waals surface area contributed by atoms with Crippen LogP contribution in [0.3, 0.4) is 0 Å². The van der Waals surface area contributed by atoms with Crippen LogP contribution in [0.15, 0.2) is 47.4 Å². The number of amides is 1. The lowest BCUT2D eigenvalue weighted by atomic mass is 9.94. The van der Waals surface area contributed by atoms with Crippen molar-refractivity contribution in [2.24, 2.45) is 5.92 Å². The number of nitrogens with zero attached hydrogens (tertiary/aromatic N) is 3. The zero-order chi connectivity index (χ0) is 17.6. The van der Waals surface area contributed by atoms with Gasteiger partial charge >= 0.3 is 0 Å². The lowest BCUT2D eigenvalue weighted by Crippen LogP contribution is -2.38. The van der Waals surface area contributed by atoms with Gasteiger partial charge < -0.3 is 9.80 Å². The zero-order valence-electron chi connectivity index (χ0n) is 14.5. The molecule has 0 bridgehead atoms. The van der Waals surface area contributed by atoms with Crippen molar-refractivity contribution < 1.29 is 4.79 Å². The van der Waals surface area contributed by atoms with Gasteiger partial charge in [-0.3, -0.25) is 9.59 Å².